The Bertz CT molecular complexity index is 609. The zero-order valence-electron chi connectivity index (χ0n) is 16.4. The van der Waals surface area contributed by atoms with E-state index in [0.717, 1.165) is 70.4 Å². The van der Waals surface area contributed by atoms with Crippen LogP contribution in [0.25, 0.3) is 0 Å². The molecule has 1 aromatic heterocycles. The predicted molar refractivity (Wildman–Crippen MR) is 102 cm³/mol. The van der Waals surface area contributed by atoms with Gasteiger partial charge in [-0.1, -0.05) is 13.3 Å². The van der Waals surface area contributed by atoms with Gasteiger partial charge in [-0.25, -0.2) is 4.98 Å². The number of ether oxygens (including phenoxy) is 1. The number of hydrogen-bond acceptors (Lipinski definition) is 4. The molecule has 2 saturated heterocycles. The molecule has 1 spiro atoms. The highest BCUT2D eigenvalue weighted by atomic mass is 16.5. The maximum atomic E-state index is 12.3. The Labute approximate surface area is 161 Å². The Morgan fingerprint density at radius 2 is 2.15 bits per heavy atom. The minimum Gasteiger partial charge on any atom is -0.372 e. The minimum atomic E-state index is 0.101. The fourth-order valence-corrected chi connectivity index (χ4v) is 4.12. The standard InChI is InChI=1S/C20H32N4O3/c1-2-3-12-27-14-19(26)23-10-7-20(8-11-23)6-4-18(25)24(15-20)9-5-17-13-21-16-22-17/h13,16H,2-12,14-15H2,1H3,(H,21,22). The van der Waals surface area contributed by atoms with Crippen molar-refractivity contribution in [3.8, 4) is 0 Å². The molecule has 2 fully saturated rings. The lowest BCUT2D eigenvalue weighted by Crippen LogP contribution is -2.53. The van der Waals surface area contributed by atoms with Gasteiger partial charge in [0, 0.05) is 57.5 Å². The first-order valence-corrected chi connectivity index (χ1v) is 10.2. The lowest BCUT2D eigenvalue weighted by Gasteiger charge is -2.47. The second-order valence-corrected chi connectivity index (χ2v) is 7.93. The number of unbranched alkanes of at least 4 members (excludes halogenated alkanes) is 1. The number of amides is 2. The molecule has 0 aromatic carbocycles. The van der Waals surface area contributed by atoms with Gasteiger partial charge in [-0.15, -0.1) is 0 Å². The van der Waals surface area contributed by atoms with Crippen molar-refractivity contribution in [2.45, 2.75) is 51.9 Å². The van der Waals surface area contributed by atoms with Crippen molar-refractivity contribution in [1.29, 1.82) is 0 Å². The Hall–Kier alpha value is -1.89. The van der Waals surface area contributed by atoms with E-state index >= 15 is 0 Å². The van der Waals surface area contributed by atoms with Gasteiger partial charge in [0.2, 0.25) is 11.8 Å². The quantitative estimate of drug-likeness (QED) is 0.704. The average molecular weight is 377 g/mol. The van der Waals surface area contributed by atoms with Gasteiger partial charge in [0.05, 0.1) is 6.33 Å². The molecule has 2 aliphatic heterocycles. The first kappa shape index (κ1) is 19.9. The molecule has 1 N–H and O–H groups in total. The number of H-pyrrole nitrogens is 1. The van der Waals surface area contributed by atoms with Gasteiger partial charge >= 0.3 is 0 Å². The number of carbonyl (C=O) groups excluding carboxylic acids is 2. The maximum Gasteiger partial charge on any atom is 0.248 e. The van der Waals surface area contributed by atoms with Gasteiger partial charge in [-0.2, -0.15) is 0 Å². The fourth-order valence-electron chi connectivity index (χ4n) is 4.12. The summed E-state index contributed by atoms with van der Waals surface area (Å²) in [7, 11) is 0. The maximum absolute atomic E-state index is 12.3. The number of imidazole rings is 1. The molecule has 0 bridgehead atoms. The Morgan fingerprint density at radius 1 is 1.33 bits per heavy atom. The van der Waals surface area contributed by atoms with Gasteiger partial charge in [0.25, 0.3) is 0 Å². The summed E-state index contributed by atoms with van der Waals surface area (Å²) in [5.41, 5.74) is 1.23. The Kier molecular flexibility index (Phi) is 6.88. The number of carbonyl (C=O) groups is 2. The molecule has 3 rings (SSSR count). The number of aromatic nitrogens is 2. The van der Waals surface area contributed by atoms with Crippen molar-refractivity contribution < 1.29 is 14.3 Å². The largest absolute Gasteiger partial charge is 0.372 e. The van der Waals surface area contributed by atoms with Crippen LogP contribution in [0.15, 0.2) is 12.5 Å². The van der Waals surface area contributed by atoms with Crippen LogP contribution in [0.1, 0.15) is 51.1 Å². The molecule has 3 heterocycles. The molecule has 7 nitrogen and oxygen atoms in total. The lowest BCUT2D eigenvalue weighted by atomic mass is 9.72. The highest BCUT2D eigenvalue weighted by molar-refractivity contribution is 5.78. The van der Waals surface area contributed by atoms with E-state index in [1.807, 2.05) is 16.0 Å². The molecule has 0 aliphatic carbocycles. The van der Waals surface area contributed by atoms with Gasteiger partial charge in [0.15, 0.2) is 0 Å². The summed E-state index contributed by atoms with van der Waals surface area (Å²) in [6, 6.07) is 0. The van der Waals surface area contributed by atoms with Crippen molar-refractivity contribution in [3.05, 3.63) is 18.2 Å². The van der Waals surface area contributed by atoms with E-state index in [1.165, 1.54) is 0 Å². The van der Waals surface area contributed by atoms with Crippen LogP contribution in [0.5, 0.6) is 0 Å². The second kappa shape index (κ2) is 9.35. The number of nitrogens with zero attached hydrogens (tertiary/aromatic N) is 3. The molecule has 1 aromatic rings. The summed E-state index contributed by atoms with van der Waals surface area (Å²) in [5.74, 6) is 0.354. The van der Waals surface area contributed by atoms with Crippen molar-refractivity contribution in [2.24, 2.45) is 5.41 Å². The first-order valence-electron chi connectivity index (χ1n) is 10.2. The average Bonchev–Trinajstić information content (AvgIpc) is 3.20. The van der Waals surface area contributed by atoms with Crippen molar-refractivity contribution >= 4 is 11.8 Å². The SMILES string of the molecule is CCCCOCC(=O)N1CCC2(CCC(=O)N(CCc3cnc[nH]3)C2)CC1. The summed E-state index contributed by atoms with van der Waals surface area (Å²) in [6.07, 6.45) is 9.89. The smallest absolute Gasteiger partial charge is 0.248 e. The molecule has 150 valence electrons. The third-order valence-corrected chi connectivity index (χ3v) is 6.00. The normalized spacial score (nSPS) is 19.7. The third kappa shape index (κ3) is 5.31. The van der Waals surface area contributed by atoms with E-state index in [2.05, 4.69) is 16.9 Å². The van der Waals surface area contributed by atoms with Crippen molar-refractivity contribution in [1.82, 2.24) is 19.8 Å². The minimum absolute atomic E-state index is 0.101. The molecular formula is C20H32N4O3. The Balaban J connectivity index is 1.46. The van der Waals surface area contributed by atoms with Crippen LogP contribution in [-0.4, -0.2) is 71.0 Å². The van der Waals surface area contributed by atoms with Crippen LogP contribution in [0.3, 0.4) is 0 Å². The lowest BCUT2D eigenvalue weighted by molar-refractivity contribution is -0.144. The van der Waals surface area contributed by atoms with E-state index in [0.29, 0.717) is 13.0 Å². The highest BCUT2D eigenvalue weighted by Crippen LogP contribution is 2.40. The number of piperidine rings is 2. The molecule has 0 atom stereocenters. The molecule has 0 radical (unpaired) electrons. The second-order valence-electron chi connectivity index (χ2n) is 7.93. The summed E-state index contributed by atoms with van der Waals surface area (Å²) < 4.78 is 5.47. The summed E-state index contributed by atoms with van der Waals surface area (Å²) >= 11 is 0. The molecule has 27 heavy (non-hydrogen) atoms. The van der Waals surface area contributed by atoms with Crippen LogP contribution < -0.4 is 0 Å². The van der Waals surface area contributed by atoms with Crippen LogP contribution in [-0.2, 0) is 20.7 Å². The van der Waals surface area contributed by atoms with Crippen LogP contribution in [0.2, 0.25) is 0 Å². The van der Waals surface area contributed by atoms with Gasteiger partial charge in [-0.3, -0.25) is 9.59 Å². The highest BCUT2D eigenvalue weighted by Gasteiger charge is 2.41. The molecular weight excluding hydrogens is 344 g/mol. The summed E-state index contributed by atoms with van der Waals surface area (Å²) in [5, 5.41) is 0. The third-order valence-electron chi connectivity index (χ3n) is 6.00. The zero-order valence-corrected chi connectivity index (χ0v) is 16.4. The Morgan fingerprint density at radius 3 is 2.85 bits per heavy atom. The zero-order chi connectivity index (χ0) is 19.1. The monoisotopic (exact) mass is 376 g/mol. The molecule has 2 amide bonds. The number of rotatable bonds is 8. The van der Waals surface area contributed by atoms with Crippen molar-refractivity contribution in [2.75, 3.05) is 39.4 Å². The summed E-state index contributed by atoms with van der Waals surface area (Å²) in [4.78, 5) is 35.7. The summed E-state index contributed by atoms with van der Waals surface area (Å²) in [6.45, 7) is 6.07. The van der Waals surface area contributed by atoms with E-state index in [1.54, 1.807) is 6.33 Å². The number of likely N-dealkylation sites (tertiary alicyclic amines) is 2. The van der Waals surface area contributed by atoms with Gasteiger partial charge in [0.1, 0.15) is 6.61 Å². The van der Waals surface area contributed by atoms with E-state index in [-0.39, 0.29) is 23.8 Å². The predicted octanol–water partition coefficient (Wildman–Crippen LogP) is 2.00. The molecule has 2 aliphatic rings. The number of aromatic amines is 1. The molecule has 0 saturated carbocycles. The fraction of sp³-hybridized carbons (Fsp3) is 0.750. The molecule has 0 unspecified atom stereocenters. The van der Waals surface area contributed by atoms with Gasteiger partial charge < -0.3 is 19.5 Å². The van der Waals surface area contributed by atoms with E-state index in [9.17, 15) is 9.59 Å². The van der Waals surface area contributed by atoms with E-state index in [4.69, 9.17) is 4.74 Å². The van der Waals surface area contributed by atoms with Crippen LogP contribution in [0.4, 0.5) is 0 Å². The topological polar surface area (TPSA) is 78.5 Å². The number of hydrogen-bond donors (Lipinski definition) is 1. The first-order chi connectivity index (χ1) is 13.1. The van der Waals surface area contributed by atoms with Crippen LogP contribution >= 0.6 is 0 Å². The van der Waals surface area contributed by atoms with Crippen molar-refractivity contribution in [3.63, 3.8) is 0 Å². The van der Waals surface area contributed by atoms with E-state index < -0.39 is 0 Å². The molecule has 7 heteroatoms. The van der Waals surface area contributed by atoms with Gasteiger partial charge in [-0.05, 0) is 31.1 Å². The van der Waals surface area contributed by atoms with Crippen LogP contribution in [0, 0.1) is 5.41 Å². The number of nitrogens with one attached hydrogen (secondary N) is 1.